The number of rotatable bonds is 6. The minimum atomic E-state index is -2.95. The van der Waals surface area contributed by atoms with Gasteiger partial charge >= 0.3 is 6.61 Å². The van der Waals surface area contributed by atoms with Crippen molar-refractivity contribution in [1.29, 1.82) is 0 Å². The van der Waals surface area contributed by atoms with Gasteiger partial charge in [0.15, 0.2) is 12.3 Å². The molecule has 0 aromatic carbocycles. The average Bonchev–Trinajstić information content (AvgIpc) is 3.22. The summed E-state index contributed by atoms with van der Waals surface area (Å²) in [6, 6.07) is 2.65. The van der Waals surface area contributed by atoms with Crippen LogP contribution in [0, 0.1) is 0 Å². The summed E-state index contributed by atoms with van der Waals surface area (Å²) >= 11 is 0. The van der Waals surface area contributed by atoms with E-state index in [1.54, 1.807) is 0 Å². The molecule has 1 aliphatic heterocycles. The standard InChI is InChI=1S/C15H15F2N3O5/c16-15(17)25-12-2-1-10(5-18-12)23-8-13-19-11(7-24-13)14(22)20-4-3-9(21)6-20/h1-2,5,7,9,15,21H,3-4,6,8H2. The molecule has 0 bridgehead atoms. The molecule has 3 heterocycles. The lowest BCUT2D eigenvalue weighted by Gasteiger charge is -2.12. The summed E-state index contributed by atoms with van der Waals surface area (Å²) in [5.41, 5.74) is 0.131. The second-order valence-corrected chi connectivity index (χ2v) is 5.32. The van der Waals surface area contributed by atoms with Crippen molar-refractivity contribution in [3.8, 4) is 11.6 Å². The smallest absolute Gasteiger partial charge is 0.388 e. The number of aromatic nitrogens is 2. The predicted molar refractivity (Wildman–Crippen MR) is 78.2 cm³/mol. The van der Waals surface area contributed by atoms with Gasteiger partial charge in [-0.25, -0.2) is 9.97 Å². The number of nitrogens with zero attached hydrogens (tertiary/aromatic N) is 3. The lowest BCUT2D eigenvalue weighted by atomic mass is 10.3. The van der Waals surface area contributed by atoms with Crippen molar-refractivity contribution in [3.63, 3.8) is 0 Å². The molecule has 1 unspecified atom stereocenters. The van der Waals surface area contributed by atoms with Crippen molar-refractivity contribution in [2.75, 3.05) is 13.1 Å². The van der Waals surface area contributed by atoms with Crippen LogP contribution in [0.3, 0.4) is 0 Å². The first-order valence-corrected chi connectivity index (χ1v) is 7.46. The van der Waals surface area contributed by atoms with E-state index in [0.29, 0.717) is 18.7 Å². The Hall–Kier alpha value is -2.75. The van der Waals surface area contributed by atoms with Crippen LogP contribution in [0.25, 0.3) is 0 Å². The van der Waals surface area contributed by atoms with Crippen molar-refractivity contribution in [3.05, 3.63) is 36.2 Å². The first-order chi connectivity index (χ1) is 12.0. The van der Waals surface area contributed by atoms with Gasteiger partial charge in [0.05, 0.1) is 12.3 Å². The van der Waals surface area contributed by atoms with E-state index in [1.807, 2.05) is 0 Å². The molecule has 1 amide bonds. The molecule has 1 atom stereocenters. The fraction of sp³-hybridized carbons (Fsp3) is 0.400. The first-order valence-electron chi connectivity index (χ1n) is 7.46. The molecular formula is C15H15F2N3O5. The maximum atomic E-state index is 12.2. The van der Waals surface area contributed by atoms with E-state index in [2.05, 4.69) is 14.7 Å². The first kappa shape index (κ1) is 17.1. The number of β-amino-alcohol motifs (C(OH)–C–C–N with tert-alkyl or cyclic N) is 1. The minimum absolute atomic E-state index is 0.0629. The van der Waals surface area contributed by atoms with Gasteiger partial charge < -0.3 is 23.9 Å². The summed E-state index contributed by atoms with van der Waals surface area (Å²) in [5, 5.41) is 9.46. The molecule has 0 aliphatic carbocycles. The van der Waals surface area contributed by atoms with Crippen molar-refractivity contribution in [2.45, 2.75) is 25.7 Å². The van der Waals surface area contributed by atoms with Gasteiger partial charge in [-0.05, 0) is 12.5 Å². The molecule has 1 saturated heterocycles. The molecule has 1 aliphatic rings. The van der Waals surface area contributed by atoms with Crippen LogP contribution >= 0.6 is 0 Å². The Morgan fingerprint density at radius 3 is 2.96 bits per heavy atom. The van der Waals surface area contributed by atoms with Gasteiger partial charge in [0.25, 0.3) is 5.91 Å². The fourth-order valence-electron chi connectivity index (χ4n) is 2.32. The number of aliphatic hydroxyl groups excluding tert-OH is 1. The van der Waals surface area contributed by atoms with E-state index < -0.39 is 12.7 Å². The summed E-state index contributed by atoms with van der Waals surface area (Å²) in [4.78, 5) is 21.4. The number of carbonyl (C=O) groups excluding carboxylic acids is 1. The van der Waals surface area contributed by atoms with E-state index in [-0.39, 0.29) is 36.5 Å². The number of hydrogen-bond acceptors (Lipinski definition) is 7. The minimum Gasteiger partial charge on any atom is -0.482 e. The Morgan fingerprint density at radius 1 is 1.48 bits per heavy atom. The van der Waals surface area contributed by atoms with Crippen molar-refractivity contribution in [2.24, 2.45) is 0 Å². The van der Waals surface area contributed by atoms with E-state index >= 15 is 0 Å². The molecule has 0 saturated carbocycles. The Labute approximate surface area is 141 Å². The van der Waals surface area contributed by atoms with Crippen LogP contribution in [0.4, 0.5) is 8.78 Å². The van der Waals surface area contributed by atoms with E-state index in [4.69, 9.17) is 9.15 Å². The summed E-state index contributed by atoms with van der Waals surface area (Å²) in [6.07, 6.45) is 2.47. The van der Waals surface area contributed by atoms with Crippen LogP contribution in [-0.2, 0) is 6.61 Å². The maximum Gasteiger partial charge on any atom is 0.388 e. The molecule has 8 nitrogen and oxygen atoms in total. The van der Waals surface area contributed by atoms with Gasteiger partial charge in [0.1, 0.15) is 12.0 Å². The van der Waals surface area contributed by atoms with Crippen molar-refractivity contribution in [1.82, 2.24) is 14.9 Å². The molecule has 134 valence electrons. The van der Waals surface area contributed by atoms with Gasteiger partial charge in [0.2, 0.25) is 11.8 Å². The average molecular weight is 355 g/mol. The highest BCUT2D eigenvalue weighted by Gasteiger charge is 2.27. The van der Waals surface area contributed by atoms with Crippen molar-refractivity contribution < 1.29 is 32.6 Å². The number of ether oxygens (including phenoxy) is 2. The molecule has 25 heavy (non-hydrogen) atoms. The number of halogens is 2. The maximum absolute atomic E-state index is 12.2. The summed E-state index contributed by atoms with van der Waals surface area (Å²) in [5.74, 6) is -0.0627. The normalized spacial score (nSPS) is 17.1. The molecule has 0 radical (unpaired) electrons. The van der Waals surface area contributed by atoms with Crippen LogP contribution in [-0.4, -0.2) is 51.7 Å². The zero-order valence-corrected chi connectivity index (χ0v) is 13.0. The van der Waals surface area contributed by atoms with Crippen LogP contribution in [0.1, 0.15) is 22.8 Å². The van der Waals surface area contributed by atoms with E-state index in [0.717, 1.165) is 0 Å². The third kappa shape index (κ3) is 4.41. The van der Waals surface area contributed by atoms with Crippen LogP contribution in [0.2, 0.25) is 0 Å². The molecule has 2 aromatic rings. The number of alkyl halides is 2. The van der Waals surface area contributed by atoms with Gasteiger partial charge in [-0.1, -0.05) is 0 Å². The summed E-state index contributed by atoms with van der Waals surface area (Å²) in [6.45, 7) is -2.26. The number of pyridine rings is 1. The summed E-state index contributed by atoms with van der Waals surface area (Å²) in [7, 11) is 0. The second kappa shape index (κ2) is 7.43. The monoisotopic (exact) mass is 355 g/mol. The van der Waals surface area contributed by atoms with Gasteiger partial charge in [-0.2, -0.15) is 8.78 Å². The number of oxazole rings is 1. The third-order valence-electron chi connectivity index (χ3n) is 3.50. The van der Waals surface area contributed by atoms with Crippen LogP contribution in [0.15, 0.2) is 29.0 Å². The second-order valence-electron chi connectivity index (χ2n) is 5.32. The van der Waals surface area contributed by atoms with E-state index in [1.165, 1.54) is 29.5 Å². The molecule has 0 spiro atoms. The molecular weight excluding hydrogens is 340 g/mol. The Morgan fingerprint density at radius 2 is 2.32 bits per heavy atom. The fourth-order valence-corrected chi connectivity index (χ4v) is 2.32. The highest BCUT2D eigenvalue weighted by Crippen LogP contribution is 2.18. The number of hydrogen-bond donors (Lipinski definition) is 1. The van der Waals surface area contributed by atoms with Gasteiger partial charge in [-0.15, -0.1) is 0 Å². The molecule has 1 fully saturated rings. The Kier molecular flexibility index (Phi) is 5.08. The molecule has 1 N–H and O–H groups in total. The number of likely N-dealkylation sites (tertiary alicyclic amines) is 1. The highest BCUT2D eigenvalue weighted by atomic mass is 19.3. The topological polar surface area (TPSA) is 97.9 Å². The third-order valence-corrected chi connectivity index (χ3v) is 3.50. The van der Waals surface area contributed by atoms with Gasteiger partial charge in [0, 0.05) is 19.2 Å². The number of amides is 1. The largest absolute Gasteiger partial charge is 0.482 e. The molecule has 3 rings (SSSR count). The lowest BCUT2D eigenvalue weighted by Crippen LogP contribution is -2.29. The van der Waals surface area contributed by atoms with E-state index in [9.17, 15) is 18.7 Å². The predicted octanol–water partition coefficient (Wildman–Crippen LogP) is 1.46. The van der Waals surface area contributed by atoms with Crippen LogP contribution < -0.4 is 9.47 Å². The summed E-state index contributed by atoms with van der Waals surface area (Å²) < 4.78 is 38.7. The zero-order valence-electron chi connectivity index (χ0n) is 13.0. The van der Waals surface area contributed by atoms with Gasteiger partial charge in [-0.3, -0.25) is 4.79 Å². The quantitative estimate of drug-likeness (QED) is 0.837. The Bertz CT molecular complexity index is 722. The number of carbonyl (C=O) groups is 1. The van der Waals surface area contributed by atoms with Crippen molar-refractivity contribution >= 4 is 5.91 Å². The SMILES string of the molecule is O=C(c1coc(COc2ccc(OC(F)F)nc2)n1)N1CCC(O)C1. The number of aliphatic hydroxyl groups is 1. The highest BCUT2D eigenvalue weighted by molar-refractivity contribution is 5.92. The molecule has 2 aromatic heterocycles. The van der Waals surface area contributed by atoms with Crippen LogP contribution in [0.5, 0.6) is 11.6 Å². The lowest BCUT2D eigenvalue weighted by molar-refractivity contribution is -0.0529. The molecule has 10 heteroatoms. The zero-order chi connectivity index (χ0) is 17.8. The Balaban J connectivity index is 1.54.